The highest BCUT2D eigenvalue weighted by Gasteiger charge is 2.29. The molecule has 4 rings (SSSR count). The first-order valence-electron chi connectivity index (χ1n) is 9.59. The number of rotatable bonds is 5. The van der Waals surface area contributed by atoms with Crippen molar-refractivity contribution in [2.24, 2.45) is 5.92 Å². The molecule has 3 aromatic rings. The lowest BCUT2D eigenvalue weighted by molar-refractivity contribution is -0.139. The van der Waals surface area contributed by atoms with Gasteiger partial charge in [-0.25, -0.2) is 0 Å². The summed E-state index contributed by atoms with van der Waals surface area (Å²) in [6.07, 6.45) is 2.80. The molecule has 0 radical (unpaired) electrons. The number of carbonyl (C=O) groups excluding carboxylic acids is 1. The average molecular weight is 427 g/mol. The van der Waals surface area contributed by atoms with Gasteiger partial charge in [0.05, 0.1) is 29.2 Å². The Kier molecular flexibility index (Phi) is 5.68. The lowest BCUT2D eigenvalue weighted by Crippen LogP contribution is -2.38. The third-order valence-electron chi connectivity index (χ3n) is 4.94. The van der Waals surface area contributed by atoms with Crippen molar-refractivity contribution in [3.63, 3.8) is 0 Å². The van der Waals surface area contributed by atoms with Gasteiger partial charge in [-0.1, -0.05) is 11.6 Å². The summed E-state index contributed by atoms with van der Waals surface area (Å²) in [6.45, 7) is 3.50. The van der Waals surface area contributed by atoms with Crippen molar-refractivity contribution in [3.8, 4) is 17.6 Å². The van der Waals surface area contributed by atoms with Gasteiger partial charge in [0.1, 0.15) is 12.1 Å². The molecule has 1 fully saturated rings. The Labute approximate surface area is 177 Å². The minimum absolute atomic E-state index is 0.157. The molecule has 0 unspecified atom stereocenters. The number of ether oxygens (including phenoxy) is 2. The van der Waals surface area contributed by atoms with Crippen molar-refractivity contribution in [2.45, 2.75) is 19.8 Å². The summed E-state index contributed by atoms with van der Waals surface area (Å²) in [6, 6.07) is 8.75. The molecule has 0 atom stereocenters. The first-order valence-corrected chi connectivity index (χ1v) is 9.97. The number of esters is 1. The number of hydrogen-bond acceptors (Lipinski definition) is 8. The largest absolute Gasteiger partial charge is 0.490 e. The number of anilines is 1. The SMILES string of the molecule is CCOc1cc(C#N)cc(Cl)c1OC(=O)C1CCN(c2ccc3nncn3n2)CC1. The molecule has 0 saturated carbocycles. The normalized spacial score (nSPS) is 14.5. The van der Waals surface area contributed by atoms with Crippen LogP contribution in [0.25, 0.3) is 5.65 Å². The summed E-state index contributed by atoms with van der Waals surface area (Å²) < 4.78 is 12.7. The van der Waals surface area contributed by atoms with E-state index in [1.807, 2.05) is 18.2 Å². The van der Waals surface area contributed by atoms with Gasteiger partial charge in [-0.2, -0.15) is 9.78 Å². The van der Waals surface area contributed by atoms with E-state index in [4.69, 9.17) is 26.3 Å². The topological polar surface area (TPSA) is 106 Å². The number of carbonyl (C=O) groups is 1. The van der Waals surface area contributed by atoms with Gasteiger partial charge in [0, 0.05) is 19.2 Å². The molecule has 0 spiro atoms. The summed E-state index contributed by atoms with van der Waals surface area (Å²) >= 11 is 6.24. The predicted molar refractivity (Wildman–Crippen MR) is 109 cm³/mol. The molecule has 10 heteroatoms. The Morgan fingerprint density at radius 1 is 1.33 bits per heavy atom. The van der Waals surface area contributed by atoms with Crippen molar-refractivity contribution < 1.29 is 14.3 Å². The first kappa shape index (κ1) is 19.9. The molecule has 1 aliphatic rings. The summed E-state index contributed by atoms with van der Waals surface area (Å²) in [5, 5.41) is 21.6. The maximum Gasteiger partial charge on any atom is 0.314 e. The zero-order chi connectivity index (χ0) is 21.1. The maximum absolute atomic E-state index is 12.8. The Morgan fingerprint density at radius 2 is 2.13 bits per heavy atom. The zero-order valence-corrected chi connectivity index (χ0v) is 17.0. The number of piperidine rings is 1. The number of fused-ring (bicyclic) bond motifs is 1. The van der Waals surface area contributed by atoms with E-state index in [1.165, 1.54) is 12.1 Å². The summed E-state index contributed by atoms with van der Waals surface area (Å²) in [5.41, 5.74) is 1.02. The highest BCUT2D eigenvalue weighted by atomic mass is 35.5. The fourth-order valence-corrected chi connectivity index (χ4v) is 3.66. The Balaban J connectivity index is 1.43. The van der Waals surface area contributed by atoms with Crippen LogP contribution in [-0.4, -0.2) is 45.5 Å². The van der Waals surface area contributed by atoms with Gasteiger partial charge in [0.15, 0.2) is 17.1 Å². The van der Waals surface area contributed by atoms with Gasteiger partial charge < -0.3 is 14.4 Å². The van der Waals surface area contributed by atoms with Crippen molar-refractivity contribution in [1.29, 1.82) is 5.26 Å². The van der Waals surface area contributed by atoms with E-state index in [9.17, 15) is 4.79 Å². The molecular weight excluding hydrogens is 408 g/mol. The lowest BCUT2D eigenvalue weighted by atomic mass is 9.97. The second kappa shape index (κ2) is 8.55. The van der Waals surface area contributed by atoms with Crippen LogP contribution in [0, 0.1) is 17.2 Å². The van der Waals surface area contributed by atoms with Crippen LogP contribution in [0.1, 0.15) is 25.3 Å². The maximum atomic E-state index is 12.8. The number of halogens is 1. The van der Waals surface area contributed by atoms with E-state index >= 15 is 0 Å². The number of nitriles is 1. The number of hydrogen-bond donors (Lipinski definition) is 0. The minimum Gasteiger partial charge on any atom is -0.490 e. The molecule has 0 aliphatic carbocycles. The van der Waals surface area contributed by atoms with E-state index in [2.05, 4.69) is 20.2 Å². The van der Waals surface area contributed by atoms with Crippen molar-refractivity contribution in [1.82, 2.24) is 19.8 Å². The molecule has 1 saturated heterocycles. The number of aromatic nitrogens is 4. The second-order valence-electron chi connectivity index (χ2n) is 6.84. The van der Waals surface area contributed by atoms with Gasteiger partial charge in [-0.3, -0.25) is 4.79 Å². The molecule has 0 bridgehead atoms. The molecule has 2 aromatic heterocycles. The van der Waals surface area contributed by atoms with E-state index in [1.54, 1.807) is 17.8 Å². The van der Waals surface area contributed by atoms with Gasteiger partial charge in [0.25, 0.3) is 0 Å². The molecule has 0 N–H and O–H groups in total. The summed E-state index contributed by atoms with van der Waals surface area (Å²) in [7, 11) is 0. The van der Waals surface area contributed by atoms with Gasteiger partial charge in [0.2, 0.25) is 0 Å². The first-order chi connectivity index (χ1) is 14.6. The van der Waals surface area contributed by atoms with Crippen molar-refractivity contribution >= 4 is 29.0 Å². The number of benzene rings is 1. The van der Waals surface area contributed by atoms with Crippen LogP contribution in [0.2, 0.25) is 5.02 Å². The molecule has 9 nitrogen and oxygen atoms in total. The molecule has 3 heterocycles. The van der Waals surface area contributed by atoms with E-state index in [0.717, 1.165) is 5.82 Å². The summed E-state index contributed by atoms with van der Waals surface area (Å²) in [5.74, 6) is 0.636. The van der Waals surface area contributed by atoms with E-state index in [-0.39, 0.29) is 22.7 Å². The fraction of sp³-hybridized carbons (Fsp3) is 0.350. The molecular formula is C20H19ClN6O3. The monoisotopic (exact) mass is 426 g/mol. The van der Waals surface area contributed by atoms with Crippen LogP contribution in [0.4, 0.5) is 5.82 Å². The molecule has 30 heavy (non-hydrogen) atoms. The molecule has 1 aromatic carbocycles. The van der Waals surface area contributed by atoms with E-state index < -0.39 is 0 Å². The number of nitrogens with zero attached hydrogens (tertiary/aromatic N) is 6. The molecule has 154 valence electrons. The third kappa shape index (κ3) is 4.00. The van der Waals surface area contributed by atoms with Crippen LogP contribution in [0.5, 0.6) is 11.5 Å². The highest BCUT2D eigenvalue weighted by molar-refractivity contribution is 6.32. The van der Waals surface area contributed by atoms with E-state index in [0.29, 0.717) is 49.5 Å². The smallest absolute Gasteiger partial charge is 0.314 e. The van der Waals surface area contributed by atoms with Crippen molar-refractivity contribution in [2.75, 3.05) is 24.6 Å². The van der Waals surface area contributed by atoms with Gasteiger partial charge in [-0.05, 0) is 38.0 Å². The van der Waals surface area contributed by atoms with Gasteiger partial charge >= 0.3 is 5.97 Å². The third-order valence-corrected chi connectivity index (χ3v) is 5.22. The standard InChI is InChI=1S/C20H19ClN6O3/c1-2-29-16-10-13(11-22)9-15(21)19(16)30-20(28)14-5-7-26(8-6-14)18-4-3-17-24-23-12-27(17)25-18/h3-4,9-10,12,14H,2,5-8H2,1H3. The fourth-order valence-electron chi connectivity index (χ4n) is 3.41. The van der Waals surface area contributed by atoms with Crippen LogP contribution < -0.4 is 14.4 Å². The molecule has 1 aliphatic heterocycles. The average Bonchev–Trinajstić information content (AvgIpc) is 3.24. The lowest BCUT2D eigenvalue weighted by Gasteiger charge is -2.31. The second-order valence-corrected chi connectivity index (χ2v) is 7.25. The van der Waals surface area contributed by atoms with Crippen LogP contribution >= 0.6 is 11.6 Å². The minimum atomic E-state index is -0.357. The van der Waals surface area contributed by atoms with Crippen LogP contribution in [0.15, 0.2) is 30.6 Å². The van der Waals surface area contributed by atoms with Crippen LogP contribution in [-0.2, 0) is 4.79 Å². The molecule has 0 amide bonds. The predicted octanol–water partition coefficient (Wildman–Crippen LogP) is 2.87. The van der Waals surface area contributed by atoms with Crippen molar-refractivity contribution in [3.05, 3.63) is 41.2 Å². The zero-order valence-electron chi connectivity index (χ0n) is 16.3. The van der Waals surface area contributed by atoms with Crippen LogP contribution in [0.3, 0.4) is 0 Å². The highest BCUT2D eigenvalue weighted by Crippen LogP contribution is 2.37. The Morgan fingerprint density at radius 3 is 2.87 bits per heavy atom. The Hall–Kier alpha value is -3.38. The Bertz CT molecular complexity index is 1120. The van der Waals surface area contributed by atoms with Gasteiger partial charge in [-0.15, -0.1) is 15.3 Å². The summed E-state index contributed by atoms with van der Waals surface area (Å²) in [4.78, 5) is 14.9. The quantitative estimate of drug-likeness (QED) is 0.453.